The largest absolute Gasteiger partial charge is 0.262 e. The third-order valence-corrected chi connectivity index (χ3v) is 1.40. The van der Waals surface area contributed by atoms with E-state index >= 15 is 0 Å². The Balaban J connectivity index is 2.98. The van der Waals surface area contributed by atoms with E-state index in [4.69, 9.17) is 0 Å². The minimum Gasteiger partial charge on any atom is -0.262 e. The van der Waals surface area contributed by atoms with Gasteiger partial charge >= 0.3 is 0 Å². The van der Waals surface area contributed by atoms with Gasteiger partial charge in [-0.15, -0.1) is 0 Å². The summed E-state index contributed by atoms with van der Waals surface area (Å²) < 4.78 is 0. The summed E-state index contributed by atoms with van der Waals surface area (Å²) in [7, 11) is 0. The van der Waals surface area contributed by atoms with Crippen molar-refractivity contribution in [1.82, 2.24) is 4.98 Å². The van der Waals surface area contributed by atoms with Crippen molar-refractivity contribution in [2.45, 2.75) is 13.8 Å². The number of hydrazone groups is 1. The lowest BCUT2D eigenvalue weighted by molar-refractivity contribution is 1.17. The molecule has 0 aliphatic rings. The molecule has 3 nitrogen and oxygen atoms in total. The molecule has 0 aromatic carbocycles. The molecule has 0 atom stereocenters. The van der Waals surface area contributed by atoms with Gasteiger partial charge in [-0.2, -0.15) is 5.10 Å². The average Bonchev–Trinajstić information content (AvgIpc) is 1.95. The second-order valence-electron chi connectivity index (χ2n) is 2.45. The summed E-state index contributed by atoms with van der Waals surface area (Å²) in [5, 5.41) is 3.53. The van der Waals surface area contributed by atoms with E-state index in [1.54, 1.807) is 6.20 Å². The fourth-order valence-corrected chi connectivity index (χ4v) is 0.907. The number of hydrogen-bond donors (Lipinski definition) is 1. The molecule has 0 amide bonds. The van der Waals surface area contributed by atoms with Gasteiger partial charge in [0.25, 0.3) is 0 Å². The summed E-state index contributed by atoms with van der Waals surface area (Å²) in [5.74, 6) is 0.769. The molecule has 1 aromatic heterocycles. The Labute approximate surface area is 66.2 Å². The van der Waals surface area contributed by atoms with E-state index in [9.17, 15) is 0 Å². The van der Waals surface area contributed by atoms with Crippen LogP contribution in [0.2, 0.25) is 0 Å². The highest BCUT2D eigenvalue weighted by Gasteiger charge is 1.96. The number of aryl methyl sites for hydroxylation is 2. The van der Waals surface area contributed by atoms with Crippen molar-refractivity contribution < 1.29 is 0 Å². The van der Waals surface area contributed by atoms with E-state index in [0.29, 0.717) is 0 Å². The maximum Gasteiger partial charge on any atom is 0.149 e. The van der Waals surface area contributed by atoms with E-state index < -0.39 is 0 Å². The first-order valence-electron chi connectivity index (χ1n) is 3.39. The summed E-state index contributed by atoms with van der Waals surface area (Å²) in [4.78, 5) is 4.12. The van der Waals surface area contributed by atoms with Crippen LogP contribution in [0.4, 0.5) is 5.82 Å². The molecule has 3 heteroatoms. The summed E-state index contributed by atoms with van der Waals surface area (Å²) >= 11 is 0. The Kier molecular flexibility index (Phi) is 2.21. The number of hydrogen-bond acceptors (Lipinski definition) is 3. The third-order valence-electron chi connectivity index (χ3n) is 1.40. The van der Waals surface area contributed by atoms with Crippen LogP contribution in [0.5, 0.6) is 0 Å². The summed E-state index contributed by atoms with van der Waals surface area (Å²) in [6.07, 6.45) is 1.79. The van der Waals surface area contributed by atoms with Crippen LogP contribution in [0.1, 0.15) is 11.1 Å². The normalized spacial score (nSPS) is 9.27. The molecule has 0 spiro atoms. The SMILES string of the molecule is C=NNc1ncc(C)cc1C. The van der Waals surface area contributed by atoms with E-state index in [1.165, 1.54) is 0 Å². The monoisotopic (exact) mass is 149 g/mol. The Hall–Kier alpha value is -1.38. The molecule has 0 aliphatic heterocycles. The smallest absolute Gasteiger partial charge is 0.149 e. The molecule has 0 saturated heterocycles. The van der Waals surface area contributed by atoms with Crippen LogP contribution in [0, 0.1) is 13.8 Å². The molecular formula is C8H11N3. The molecule has 58 valence electrons. The lowest BCUT2D eigenvalue weighted by Crippen LogP contribution is -1.94. The zero-order chi connectivity index (χ0) is 8.27. The van der Waals surface area contributed by atoms with Crippen LogP contribution < -0.4 is 5.43 Å². The highest BCUT2D eigenvalue weighted by molar-refractivity contribution is 5.45. The molecule has 0 aliphatic carbocycles. The van der Waals surface area contributed by atoms with Crippen LogP contribution in [0.15, 0.2) is 17.4 Å². The van der Waals surface area contributed by atoms with E-state index in [-0.39, 0.29) is 0 Å². The summed E-state index contributed by atoms with van der Waals surface area (Å²) in [5.41, 5.74) is 4.94. The fourth-order valence-electron chi connectivity index (χ4n) is 0.907. The molecule has 1 rings (SSSR count). The van der Waals surface area contributed by atoms with Crippen molar-refractivity contribution in [3.63, 3.8) is 0 Å². The summed E-state index contributed by atoms with van der Waals surface area (Å²) in [6.45, 7) is 7.30. The Morgan fingerprint density at radius 1 is 1.55 bits per heavy atom. The molecule has 0 radical (unpaired) electrons. The van der Waals surface area contributed by atoms with Gasteiger partial charge in [0, 0.05) is 12.9 Å². The van der Waals surface area contributed by atoms with Crippen molar-refractivity contribution in [2.75, 3.05) is 5.43 Å². The fraction of sp³-hybridized carbons (Fsp3) is 0.250. The Bertz CT molecular complexity index is 268. The number of anilines is 1. The van der Waals surface area contributed by atoms with E-state index in [2.05, 4.69) is 22.2 Å². The molecule has 11 heavy (non-hydrogen) atoms. The predicted molar refractivity (Wildman–Crippen MR) is 46.9 cm³/mol. The van der Waals surface area contributed by atoms with Crippen LogP contribution >= 0.6 is 0 Å². The molecule has 1 N–H and O–H groups in total. The van der Waals surface area contributed by atoms with Gasteiger partial charge < -0.3 is 0 Å². The van der Waals surface area contributed by atoms with Gasteiger partial charge in [-0.1, -0.05) is 6.07 Å². The molecule has 0 bridgehead atoms. The van der Waals surface area contributed by atoms with Gasteiger partial charge in [0.05, 0.1) is 0 Å². The lowest BCUT2D eigenvalue weighted by Gasteiger charge is -2.02. The van der Waals surface area contributed by atoms with Gasteiger partial charge in [-0.05, 0) is 25.0 Å². The van der Waals surface area contributed by atoms with Gasteiger partial charge in [0.2, 0.25) is 0 Å². The minimum atomic E-state index is 0.769. The van der Waals surface area contributed by atoms with Crippen LogP contribution in [-0.4, -0.2) is 11.7 Å². The average molecular weight is 149 g/mol. The molecule has 0 fully saturated rings. The van der Waals surface area contributed by atoms with Crippen molar-refractivity contribution >= 4 is 12.5 Å². The molecule has 0 saturated carbocycles. The number of nitrogens with zero attached hydrogens (tertiary/aromatic N) is 2. The molecular weight excluding hydrogens is 138 g/mol. The lowest BCUT2D eigenvalue weighted by atomic mass is 10.2. The number of nitrogens with one attached hydrogen (secondary N) is 1. The number of aromatic nitrogens is 1. The number of pyridine rings is 1. The molecule has 1 aromatic rings. The first-order valence-corrected chi connectivity index (χ1v) is 3.39. The predicted octanol–water partition coefficient (Wildman–Crippen LogP) is 1.73. The van der Waals surface area contributed by atoms with Gasteiger partial charge in [0.15, 0.2) is 0 Å². The molecule has 0 unspecified atom stereocenters. The van der Waals surface area contributed by atoms with Gasteiger partial charge in [0.1, 0.15) is 5.82 Å². The molecule has 1 heterocycles. The zero-order valence-electron chi connectivity index (χ0n) is 6.76. The zero-order valence-corrected chi connectivity index (χ0v) is 6.76. The highest BCUT2D eigenvalue weighted by Crippen LogP contribution is 2.11. The minimum absolute atomic E-state index is 0.769. The van der Waals surface area contributed by atoms with Crippen molar-refractivity contribution in [3.05, 3.63) is 23.4 Å². The topological polar surface area (TPSA) is 37.3 Å². The van der Waals surface area contributed by atoms with Gasteiger partial charge in [-0.3, -0.25) is 5.43 Å². The van der Waals surface area contributed by atoms with Crippen molar-refractivity contribution in [2.24, 2.45) is 5.10 Å². The number of rotatable bonds is 2. The van der Waals surface area contributed by atoms with Crippen LogP contribution in [0.25, 0.3) is 0 Å². The second kappa shape index (κ2) is 3.14. The second-order valence-corrected chi connectivity index (χ2v) is 2.45. The first-order chi connectivity index (χ1) is 5.24. The maximum atomic E-state index is 4.12. The Morgan fingerprint density at radius 3 is 2.82 bits per heavy atom. The van der Waals surface area contributed by atoms with Crippen LogP contribution in [-0.2, 0) is 0 Å². The summed E-state index contributed by atoms with van der Waals surface area (Å²) in [6, 6.07) is 2.04. The quantitative estimate of drug-likeness (QED) is 0.513. The standard InChI is InChI=1S/C8H11N3/c1-6-4-7(2)8(10-5-6)11-9-3/h4-5H,3H2,1-2H3,(H,10,11). The van der Waals surface area contributed by atoms with E-state index in [0.717, 1.165) is 16.9 Å². The van der Waals surface area contributed by atoms with E-state index in [1.807, 2.05) is 19.9 Å². The van der Waals surface area contributed by atoms with Crippen molar-refractivity contribution in [3.8, 4) is 0 Å². The Morgan fingerprint density at radius 2 is 2.27 bits per heavy atom. The highest BCUT2D eigenvalue weighted by atomic mass is 15.3. The van der Waals surface area contributed by atoms with Gasteiger partial charge in [-0.25, -0.2) is 4.98 Å². The third kappa shape index (κ3) is 1.77. The van der Waals surface area contributed by atoms with Crippen molar-refractivity contribution in [1.29, 1.82) is 0 Å². The van der Waals surface area contributed by atoms with Crippen LogP contribution in [0.3, 0.4) is 0 Å². The maximum absolute atomic E-state index is 4.12. The first kappa shape index (κ1) is 7.72.